The van der Waals surface area contributed by atoms with Gasteiger partial charge < -0.3 is 5.32 Å². The first-order chi connectivity index (χ1) is 15.2. The molecule has 3 rings (SSSR count). The number of aryl methyl sites for hydroxylation is 1. The summed E-state index contributed by atoms with van der Waals surface area (Å²) in [4.78, 5) is 27.0. The number of carbonyl (C=O) groups excluding carboxylic acids is 2. The molecule has 2 amide bonds. The van der Waals surface area contributed by atoms with E-state index >= 15 is 0 Å². The molecule has 3 aromatic rings. The van der Waals surface area contributed by atoms with E-state index in [1.54, 1.807) is 48.2 Å². The van der Waals surface area contributed by atoms with Crippen molar-refractivity contribution in [2.75, 3.05) is 22.5 Å². The number of sulfone groups is 1. The average Bonchev–Trinajstić information content (AvgIpc) is 3.20. The van der Waals surface area contributed by atoms with Crippen molar-refractivity contribution in [2.45, 2.75) is 32.1 Å². The van der Waals surface area contributed by atoms with Crippen LogP contribution in [-0.2, 0) is 21.1 Å². The standard InChI is InChI=1S/C22H24N4O4S2/c1-4-26(22-25-24-15(3)31-22)21(28)17-8-10-18(11-9-17)23-20(27)14-16-6-12-19(13-7-16)32(29,30)5-2/h6-13H,4-5,14H2,1-3H3,(H,23,27). The predicted octanol–water partition coefficient (Wildman–Crippen LogP) is 3.49. The Labute approximate surface area is 191 Å². The molecule has 0 unspecified atom stereocenters. The summed E-state index contributed by atoms with van der Waals surface area (Å²) in [5.74, 6) is -0.403. The smallest absolute Gasteiger partial charge is 0.260 e. The van der Waals surface area contributed by atoms with Gasteiger partial charge in [0, 0.05) is 17.8 Å². The molecule has 1 aromatic heterocycles. The number of aromatic nitrogens is 2. The molecule has 0 aliphatic heterocycles. The van der Waals surface area contributed by atoms with Crippen molar-refractivity contribution in [3.63, 3.8) is 0 Å². The SMILES string of the molecule is CCN(C(=O)c1ccc(NC(=O)Cc2ccc(S(=O)(=O)CC)cc2)cc1)c1nnc(C)s1. The van der Waals surface area contributed by atoms with Crippen LogP contribution in [0.15, 0.2) is 53.4 Å². The molecule has 32 heavy (non-hydrogen) atoms. The Morgan fingerprint density at radius 3 is 2.19 bits per heavy atom. The second-order valence-corrected chi connectivity index (χ2v) is 10.4. The number of carbonyl (C=O) groups is 2. The Balaban J connectivity index is 1.62. The Morgan fingerprint density at radius 1 is 1.00 bits per heavy atom. The number of rotatable bonds is 8. The normalized spacial score (nSPS) is 11.2. The average molecular weight is 473 g/mol. The van der Waals surface area contributed by atoms with Crippen molar-refractivity contribution in [3.8, 4) is 0 Å². The molecule has 0 spiro atoms. The second kappa shape index (κ2) is 10.0. The van der Waals surface area contributed by atoms with Crippen molar-refractivity contribution in [3.05, 3.63) is 64.7 Å². The summed E-state index contributed by atoms with van der Waals surface area (Å²) in [5, 5.41) is 12.1. The lowest BCUT2D eigenvalue weighted by Crippen LogP contribution is -2.30. The summed E-state index contributed by atoms with van der Waals surface area (Å²) in [5.41, 5.74) is 1.74. The van der Waals surface area contributed by atoms with Crippen LogP contribution in [0.1, 0.15) is 34.8 Å². The van der Waals surface area contributed by atoms with Gasteiger partial charge in [0.15, 0.2) is 9.84 Å². The maximum atomic E-state index is 12.8. The van der Waals surface area contributed by atoms with Gasteiger partial charge in [-0.15, -0.1) is 10.2 Å². The minimum atomic E-state index is -3.27. The van der Waals surface area contributed by atoms with E-state index in [1.807, 2.05) is 13.8 Å². The quantitative estimate of drug-likeness (QED) is 0.537. The molecule has 2 aromatic carbocycles. The molecule has 10 heteroatoms. The number of benzene rings is 2. The number of hydrogen-bond acceptors (Lipinski definition) is 7. The minimum absolute atomic E-state index is 0.0295. The van der Waals surface area contributed by atoms with E-state index < -0.39 is 9.84 Å². The van der Waals surface area contributed by atoms with Gasteiger partial charge in [-0.3, -0.25) is 14.5 Å². The van der Waals surface area contributed by atoms with Crippen LogP contribution >= 0.6 is 11.3 Å². The van der Waals surface area contributed by atoms with Crippen molar-refractivity contribution in [1.29, 1.82) is 0 Å². The van der Waals surface area contributed by atoms with Gasteiger partial charge in [-0.25, -0.2) is 8.42 Å². The number of anilines is 2. The van der Waals surface area contributed by atoms with Gasteiger partial charge in [0.05, 0.1) is 17.1 Å². The Hall–Kier alpha value is -3.11. The molecular weight excluding hydrogens is 448 g/mol. The molecule has 0 aliphatic rings. The summed E-state index contributed by atoms with van der Waals surface area (Å²) in [6.45, 7) is 5.75. The highest BCUT2D eigenvalue weighted by Gasteiger charge is 2.19. The molecule has 0 saturated carbocycles. The minimum Gasteiger partial charge on any atom is -0.326 e. The fourth-order valence-corrected chi connectivity index (χ4v) is 4.62. The van der Waals surface area contributed by atoms with Gasteiger partial charge in [-0.05, 0) is 55.8 Å². The molecule has 168 valence electrons. The third-order valence-corrected chi connectivity index (χ3v) is 7.36. The van der Waals surface area contributed by atoms with Crippen molar-refractivity contribution in [2.24, 2.45) is 0 Å². The molecule has 0 bridgehead atoms. The first kappa shape index (κ1) is 23.6. The molecule has 8 nitrogen and oxygen atoms in total. The summed E-state index contributed by atoms with van der Waals surface area (Å²) >= 11 is 1.35. The highest BCUT2D eigenvalue weighted by Crippen LogP contribution is 2.22. The summed E-state index contributed by atoms with van der Waals surface area (Å²) in [6.07, 6.45) is 0.104. The van der Waals surface area contributed by atoms with E-state index in [4.69, 9.17) is 0 Å². The van der Waals surface area contributed by atoms with E-state index in [0.29, 0.717) is 28.5 Å². The fourth-order valence-electron chi connectivity index (χ4n) is 2.98. The molecule has 0 atom stereocenters. The molecule has 1 heterocycles. The van der Waals surface area contributed by atoms with Crippen LogP contribution < -0.4 is 10.2 Å². The number of nitrogens with zero attached hydrogens (tertiary/aromatic N) is 3. The Kier molecular flexibility index (Phi) is 7.37. The molecule has 0 aliphatic carbocycles. The molecule has 1 N–H and O–H groups in total. The van der Waals surface area contributed by atoms with Crippen LogP contribution in [0.3, 0.4) is 0 Å². The maximum Gasteiger partial charge on any atom is 0.260 e. The zero-order valence-electron chi connectivity index (χ0n) is 18.0. The lowest BCUT2D eigenvalue weighted by atomic mass is 10.1. The van der Waals surface area contributed by atoms with E-state index in [2.05, 4.69) is 15.5 Å². The topological polar surface area (TPSA) is 109 Å². The van der Waals surface area contributed by atoms with Crippen molar-refractivity contribution >= 4 is 43.8 Å². The Bertz CT molecular complexity index is 1200. The first-order valence-electron chi connectivity index (χ1n) is 10.1. The third-order valence-electron chi connectivity index (χ3n) is 4.75. The Morgan fingerprint density at radius 2 is 1.66 bits per heavy atom. The number of hydrogen-bond donors (Lipinski definition) is 1. The number of nitrogens with one attached hydrogen (secondary N) is 1. The van der Waals surface area contributed by atoms with Crippen LogP contribution in [0, 0.1) is 6.92 Å². The van der Waals surface area contributed by atoms with Gasteiger partial charge in [0.25, 0.3) is 5.91 Å². The zero-order valence-corrected chi connectivity index (χ0v) is 19.7. The fraction of sp³-hybridized carbons (Fsp3) is 0.273. The van der Waals surface area contributed by atoms with Gasteiger partial charge in [-0.2, -0.15) is 0 Å². The highest BCUT2D eigenvalue weighted by atomic mass is 32.2. The number of amides is 2. The largest absolute Gasteiger partial charge is 0.326 e. The van der Waals surface area contributed by atoms with Crippen LogP contribution in [0.2, 0.25) is 0 Å². The van der Waals surface area contributed by atoms with E-state index in [-0.39, 0.29) is 28.9 Å². The highest BCUT2D eigenvalue weighted by molar-refractivity contribution is 7.91. The van der Waals surface area contributed by atoms with Crippen LogP contribution in [0.4, 0.5) is 10.8 Å². The molecule has 0 saturated heterocycles. The lowest BCUT2D eigenvalue weighted by Gasteiger charge is -2.17. The van der Waals surface area contributed by atoms with Crippen LogP contribution in [0.5, 0.6) is 0 Å². The zero-order chi connectivity index (χ0) is 23.3. The van der Waals surface area contributed by atoms with E-state index in [0.717, 1.165) is 5.01 Å². The van der Waals surface area contributed by atoms with Gasteiger partial charge in [0.1, 0.15) is 5.01 Å². The van der Waals surface area contributed by atoms with Gasteiger partial charge >= 0.3 is 0 Å². The second-order valence-electron chi connectivity index (χ2n) is 7.00. The third kappa shape index (κ3) is 5.57. The summed E-state index contributed by atoms with van der Waals surface area (Å²) in [7, 11) is -3.27. The first-order valence-corrected chi connectivity index (χ1v) is 12.5. The molecule has 0 radical (unpaired) electrons. The van der Waals surface area contributed by atoms with Gasteiger partial charge in [-0.1, -0.05) is 30.4 Å². The van der Waals surface area contributed by atoms with E-state index in [1.165, 1.54) is 23.5 Å². The molecular formula is C22H24N4O4S2. The lowest BCUT2D eigenvalue weighted by molar-refractivity contribution is -0.115. The monoisotopic (exact) mass is 472 g/mol. The summed E-state index contributed by atoms with van der Waals surface area (Å²) < 4.78 is 23.8. The molecule has 0 fully saturated rings. The summed E-state index contributed by atoms with van der Waals surface area (Å²) in [6, 6.07) is 12.9. The van der Waals surface area contributed by atoms with Crippen molar-refractivity contribution in [1.82, 2.24) is 10.2 Å². The van der Waals surface area contributed by atoms with E-state index in [9.17, 15) is 18.0 Å². The van der Waals surface area contributed by atoms with Gasteiger partial charge in [0.2, 0.25) is 11.0 Å². The van der Waals surface area contributed by atoms with Crippen molar-refractivity contribution < 1.29 is 18.0 Å². The van der Waals surface area contributed by atoms with Crippen LogP contribution in [0.25, 0.3) is 0 Å². The maximum absolute atomic E-state index is 12.8. The van der Waals surface area contributed by atoms with Crippen LogP contribution in [-0.4, -0.2) is 42.7 Å². The predicted molar refractivity (Wildman–Crippen MR) is 125 cm³/mol.